The number of methoxy groups -OCH3 is 1. The summed E-state index contributed by atoms with van der Waals surface area (Å²) < 4.78 is 4.80. The van der Waals surface area contributed by atoms with Crippen molar-refractivity contribution in [1.82, 2.24) is 15.1 Å². The summed E-state index contributed by atoms with van der Waals surface area (Å²) in [4.78, 5) is 36.8. The second-order valence-electron chi connectivity index (χ2n) is 4.85. The molecule has 0 aromatic rings. The normalized spacial score (nSPS) is 14.6. The topological polar surface area (TPSA) is 99.2 Å². The minimum atomic E-state index is -0.854. The quantitative estimate of drug-likeness (QED) is 0.598. The third-order valence-corrected chi connectivity index (χ3v) is 3.03. The second kappa shape index (κ2) is 7.68. The molecule has 114 valence electrons. The van der Waals surface area contributed by atoms with Gasteiger partial charge in [0.05, 0.1) is 13.0 Å². The summed E-state index contributed by atoms with van der Waals surface area (Å²) in [6.45, 7) is 1.67. The number of ether oxygens (including phenoxy) is 1. The molecule has 0 radical (unpaired) electrons. The lowest BCUT2D eigenvalue weighted by molar-refractivity contribution is -0.139. The minimum absolute atomic E-state index is 0.0142. The van der Waals surface area contributed by atoms with Gasteiger partial charge in [0.25, 0.3) is 0 Å². The monoisotopic (exact) mass is 287 g/mol. The van der Waals surface area contributed by atoms with E-state index in [1.807, 2.05) is 0 Å². The molecule has 8 heteroatoms. The highest BCUT2D eigenvalue weighted by molar-refractivity contribution is 5.84. The number of hydrogen-bond acceptors (Lipinski definition) is 4. The van der Waals surface area contributed by atoms with Crippen LogP contribution in [0.3, 0.4) is 0 Å². The molecule has 1 saturated heterocycles. The van der Waals surface area contributed by atoms with Gasteiger partial charge in [0.2, 0.25) is 5.91 Å². The fourth-order valence-electron chi connectivity index (χ4n) is 1.97. The minimum Gasteiger partial charge on any atom is -0.481 e. The van der Waals surface area contributed by atoms with Gasteiger partial charge >= 0.3 is 12.0 Å². The molecule has 3 amide bonds. The first kappa shape index (κ1) is 16.2. The van der Waals surface area contributed by atoms with Gasteiger partial charge in [-0.25, -0.2) is 4.79 Å². The van der Waals surface area contributed by atoms with Crippen LogP contribution in [0.15, 0.2) is 0 Å². The lowest BCUT2D eigenvalue weighted by Crippen LogP contribution is -2.55. The van der Waals surface area contributed by atoms with Gasteiger partial charge in [-0.05, 0) is 0 Å². The summed E-state index contributed by atoms with van der Waals surface area (Å²) >= 11 is 0. The van der Waals surface area contributed by atoms with E-state index in [1.165, 1.54) is 9.80 Å². The number of carboxylic acid groups (broad SMARTS) is 1. The molecule has 2 N–H and O–H groups in total. The summed E-state index contributed by atoms with van der Waals surface area (Å²) in [5.74, 6) is -1.09. The third kappa shape index (κ3) is 5.04. The maximum Gasteiger partial charge on any atom is 0.320 e. The number of amides is 3. The van der Waals surface area contributed by atoms with Gasteiger partial charge in [-0.2, -0.15) is 0 Å². The predicted octanol–water partition coefficient (Wildman–Crippen LogP) is -0.793. The van der Waals surface area contributed by atoms with Gasteiger partial charge in [-0.3, -0.25) is 9.59 Å². The largest absolute Gasteiger partial charge is 0.481 e. The van der Waals surface area contributed by atoms with E-state index in [9.17, 15) is 14.4 Å². The number of carboxylic acids is 1. The van der Waals surface area contributed by atoms with Gasteiger partial charge in [0.15, 0.2) is 0 Å². The van der Waals surface area contributed by atoms with Gasteiger partial charge < -0.3 is 25.0 Å². The molecular formula is C12H21N3O5. The predicted molar refractivity (Wildman–Crippen MR) is 70.2 cm³/mol. The average molecular weight is 287 g/mol. The molecule has 1 heterocycles. The van der Waals surface area contributed by atoms with Crippen molar-refractivity contribution in [1.29, 1.82) is 0 Å². The molecule has 0 atom stereocenters. The van der Waals surface area contributed by atoms with Crippen LogP contribution in [0.4, 0.5) is 4.79 Å². The summed E-state index contributed by atoms with van der Waals surface area (Å²) in [7, 11) is 3.09. The van der Waals surface area contributed by atoms with Crippen molar-refractivity contribution in [2.75, 3.05) is 46.9 Å². The van der Waals surface area contributed by atoms with Gasteiger partial charge in [0.1, 0.15) is 6.54 Å². The summed E-state index contributed by atoms with van der Waals surface area (Å²) in [6.07, 6.45) is 0.0744. The van der Waals surface area contributed by atoms with Crippen LogP contribution in [-0.4, -0.2) is 79.8 Å². The lowest BCUT2D eigenvalue weighted by Gasteiger charge is -2.40. The van der Waals surface area contributed by atoms with Crippen molar-refractivity contribution in [3.05, 3.63) is 0 Å². The molecule has 8 nitrogen and oxygen atoms in total. The SMILES string of the molecule is COCCNC(=O)CN(C)C(=O)N1CC(CC(=O)O)C1. The number of carbonyl (C=O) groups excluding carboxylic acids is 2. The fraction of sp³-hybridized carbons (Fsp3) is 0.750. The Labute approximate surface area is 117 Å². The van der Waals surface area contributed by atoms with Crippen molar-refractivity contribution in [2.45, 2.75) is 6.42 Å². The number of rotatable bonds is 7. The molecule has 1 aliphatic heterocycles. The highest BCUT2D eigenvalue weighted by Gasteiger charge is 2.33. The van der Waals surface area contributed by atoms with Crippen molar-refractivity contribution in [3.63, 3.8) is 0 Å². The smallest absolute Gasteiger partial charge is 0.320 e. The van der Waals surface area contributed by atoms with Crippen LogP contribution in [0.1, 0.15) is 6.42 Å². The standard InChI is InChI=1S/C12H21N3O5/c1-14(8-10(16)13-3-4-20-2)12(19)15-6-9(7-15)5-11(17)18/h9H,3-8H2,1-2H3,(H,13,16)(H,17,18). The van der Waals surface area contributed by atoms with E-state index in [0.717, 1.165) is 0 Å². The number of likely N-dealkylation sites (tertiary alicyclic amines) is 1. The van der Waals surface area contributed by atoms with E-state index in [1.54, 1.807) is 14.2 Å². The van der Waals surface area contributed by atoms with Crippen molar-refractivity contribution in [2.24, 2.45) is 5.92 Å². The fourth-order valence-corrected chi connectivity index (χ4v) is 1.97. The molecule has 0 unspecified atom stereocenters. The van der Waals surface area contributed by atoms with Crippen molar-refractivity contribution in [3.8, 4) is 0 Å². The molecule has 0 bridgehead atoms. The molecular weight excluding hydrogens is 266 g/mol. The number of likely N-dealkylation sites (N-methyl/N-ethyl adjacent to an activating group) is 1. The number of aliphatic carboxylic acids is 1. The van der Waals surface area contributed by atoms with Gasteiger partial charge in [-0.15, -0.1) is 0 Å². The number of hydrogen-bond donors (Lipinski definition) is 2. The van der Waals surface area contributed by atoms with Crippen molar-refractivity contribution < 1.29 is 24.2 Å². The zero-order valence-electron chi connectivity index (χ0n) is 11.8. The molecule has 0 aliphatic carbocycles. The zero-order valence-corrected chi connectivity index (χ0v) is 11.8. The third-order valence-electron chi connectivity index (χ3n) is 3.03. The molecule has 1 rings (SSSR count). The van der Waals surface area contributed by atoms with E-state index < -0.39 is 5.97 Å². The Bertz CT molecular complexity index is 368. The Kier molecular flexibility index (Phi) is 6.23. The van der Waals surface area contributed by atoms with E-state index in [0.29, 0.717) is 26.2 Å². The molecule has 1 aliphatic rings. The summed E-state index contributed by atoms with van der Waals surface area (Å²) in [6, 6.07) is -0.256. The first-order chi connectivity index (χ1) is 9.43. The maximum absolute atomic E-state index is 11.9. The zero-order chi connectivity index (χ0) is 15.1. The number of nitrogens with zero attached hydrogens (tertiary/aromatic N) is 2. The Balaban J connectivity index is 2.23. The van der Waals surface area contributed by atoms with Crippen LogP contribution in [0, 0.1) is 5.92 Å². The number of nitrogens with one attached hydrogen (secondary N) is 1. The lowest BCUT2D eigenvalue weighted by atomic mass is 9.97. The number of urea groups is 1. The van der Waals surface area contributed by atoms with Crippen LogP contribution in [0.5, 0.6) is 0 Å². The molecule has 0 aromatic carbocycles. The summed E-state index contributed by atoms with van der Waals surface area (Å²) in [5, 5.41) is 11.3. The van der Waals surface area contributed by atoms with Crippen LogP contribution in [0.2, 0.25) is 0 Å². The Morgan fingerprint density at radius 2 is 2.05 bits per heavy atom. The van der Waals surface area contributed by atoms with Gasteiger partial charge in [0, 0.05) is 39.7 Å². The first-order valence-corrected chi connectivity index (χ1v) is 6.41. The van der Waals surface area contributed by atoms with Gasteiger partial charge in [-0.1, -0.05) is 0 Å². The average Bonchev–Trinajstić information content (AvgIpc) is 2.32. The van der Waals surface area contributed by atoms with E-state index in [2.05, 4.69) is 5.32 Å². The molecule has 1 fully saturated rings. The first-order valence-electron chi connectivity index (χ1n) is 6.41. The van der Waals surface area contributed by atoms with Crippen LogP contribution in [0.25, 0.3) is 0 Å². The Morgan fingerprint density at radius 3 is 2.60 bits per heavy atom. The second-order valence-corrected chi connectivity index (χ2v) is 4.85. The van der Waals surface area contributed by atoms with Crippen LogP contribution < -0.4 is 5.32 Å². The number of carbonyl (C=O) groups is 3. The van der Waals surface area contributed by atoms with E-state index in [4.69, 9.17) is 9.84 Å². The highest BCUT2D eigenvalue weighted by atomic mass is 16.5. The van der Waals surface area contributed by atoms with Crippen LogP contribution in [-0.2, 0) is 14.3 Å². The van der Waals surface area contributed by atoms with E-state index in [-0.39, 0.29) is 30.8 Å². The Hall–Kier alpha value is -1.83. The highest BCUT2D eigenvalue weighted by Crippen LogP contribution is 2.20. The molecule has 20 heavy (non-hydrogen) atoms. The Morgan fingerprint density at radius 1 is 1.40 bits per heavy atom. The van der Waals surface area contributed by atoms with Crippen LogP contribution >= 0.6 is 0 Å². The summed E-state index contributed by atoms with van der Waals surface area (Å²) in [5.41, 5.74) is 0. The molecule has 0 spiro atoms. The van der Waals surface area contributed by atoms with Crippen molar-refractivity contribution >= 4 is 17.9 Å². The van der Waals surface area contributed by atoms with E-state index >= 15 is 0 Å². The molecule has 0 saturated carbocycles. The maximum atomic E-state index is 11.9. The molecule has 0 aromatic heterocycles.